The summed E-state index contributed by atoms with van der Waals surface area (Å²) in [6.45, 7) is -0.0836. The number of rotatable bonds is 2. The third-order valence-corrected chi connectivity index (χ3v) is 2.84. The first-order chi connectivity index (χ1) is 5.66. The van der Waals surface area contributed by atoms with Crippen LogP contribution in [0.3, 0.4) is 0 Å². The minimum atomic E-state index is -0.384. The lowest BCUT2D eigenvalue weighted by Crippen LogP contribution is -2.16. The normalized spacial score (nSPS) is 13.0. The van der Waals surface area contributed by atoms with E-state index >= 15 is 0 Å². The molecule has 3 N–H and O–H groups in total. The molecule has 12 heavy (non-hydrogen) atoms. The van der Waals surface area contributed by atoms with E-state index in [4.69, 9.17) is 22.4 Å². The van der Waals surface area contributed by atoms with Crippen LogP contribution in [0.1, 0.15) is 11.6 Å². The lowest BCUT2D eigenvalue weighted by Gasteiger charge is -2.12. The molecule has 0 heterocycles. The maximum absolute atomic E-state index is 8.85. The molecule has 0 unspecified atom stereocenters. The Bertz CT molecular complexity index is 260. The van der Waals surface area contributed by atoms with Crippen LogP contribution in [0.2, 0.25) is 5.02 Å². The van der Waals surface area contributed by atoms with Gasteiger partial charge in [-0.25, -0.2) is 0 Å². The first-order valence-electron chi connectivity index (χ1n) is 3.47. The van der Waals surface area contributed by atoms with Crippen LogP contribution in [0.25, 0.3) is 0 Å². The van der Waals surface area contributed by atoms with Gasteiger partial charge in [0.2, 0.25) is 0 Å². The van der Waals surface area contributed by atoms with Crippen molar-refractivity contribution in [2.75, 3.05) is 6.61 Å². The van der Waals surface area contributed by atoms with Crippen LogP contribution in [0.15, 0.2) is 18.2 Å². The van der Waals surface area contributed by atoms with Crippen LogP contribution >= 0.6 is 34.2 Å². The molecule has 0 aliphatic heterocycles. The smallest absolute Gasteiger partial charge is 0.0625 e. The molecule has 1 atom stereocenters. The summed E-state index contributed by atoms with van der Waals surface area (Å²) in [5.41, 5.74) is 6.48. The quantitative estimate of drug-likeness (QED) is 0.820. The van der Waals surface area contributed by atoms with E-state index in [1.807, 2.05) is 12.1 Å². The van der Waals surface area contributed by atoms with Crippen LogP contribution in [0.5, 0.6) is 0 Å². The number of halogens is 2. The van der Waals surface area contributed by atoms with E-state index < -0.39 is 0 Å². The molecule has 0 aliphatic carbocycles. The van der Waals surface area contributed by atoms with E-state index in [0.29, 0.717) is 5.02 Å². The van der Waals surface area contributed by atoms with Gasteiger partial charge in [0.1, 0.15) is 0 Å². The van der Waals surface area contributed by atoms with Crippen LogP contribution < -0.4 is 5.73 Å². The van der Waals surface area contributed by atoms with Gasteiger partial charge < -0.3 is 10.8 Å². The average Bonchev–Trinajstić information content (AvgIpc) is 2.03. The molecule has 0 aliphatic rings. The van der Waals surface area contributed by atoms with Crippen LogP contribution in [0, 0.1) is 3.57 Å². The number of nitrogens with two attached hydrogens (primary N) is 1. The predicted molar refractivity (Wildman–Crippen MR) is 58.2 cm³/mol. The zero-order chi connectivity index (χ0) is 9.14. The van der Waals surface area contributed by atoms with Gasteiger partial charge in [-0.3, -0.25) is 0 Å². The average molecular weight is 298 g/mol. The molecule has 0 saturated carbocycles. The molecule has 1 aromatic carbocycles. The summed E-state index contributed by atoms with van der Waals surface area (Å²) >= 11 is 8.06. The first kappa shape index (κ1) is 10.2. The van der Waals surface area contributed by atoms with Gasteiger partial charge in [-0.1, -0.05) is 17.7 Å². The maximum atomic E-state index is 8.85. The molecule has 0 spiro atoms. The minimum absolute atomic E-state index is 0.0836. The fraction of sp³-hybridized carbons (Fsp3) is 0.250. The van der Waals surface area contributed by atoms with Crippen molar-refractivity contribution in [1.29, 1.82) is 0 Å². The summed E-state index contributed by atoms with van der Waals surface area (Å²) in [5.74, 6) is 0. The number of aliphatic hydroxyl groups is 1. The topological polar surface area (TPSA) is 46.2 Å². The van der Waals surface area contributed by atoms with Crippen molar-refractivity contribution in [1.82, 2.24) is 0 Å². The largest absolute Gasteiger partial charge is 0.394 e. The summed E-state index contributed by atoms with van der Waals surface area (Å²) in [4.78, 5) is 0. The molecule has 0 aromatic heterocycles. The van der Waals surface area contributed by atoms with Gasteiger partial charge in [0.15, 0.2) is 0 Å². The zero-order valence-corrected chi connectivity index (χ0v) is 9.21. The molecular formula is C8H9ClINO. The second-order valence-corrected chi connectivity index (χ2v) is 3.99. The van der Waals surface area contributed by atoms with Crippen molar-refractivity contribution in [3.8, 4) is 0 Å². The summed E-state index contributed by atoms with van der Waals surface area (Å²) in [6, 6.07) is 5.16. The highest BCUT2D eigenvalue weighted by Gasteiger charge is 2.11. The van der Waals surface area contributed by atoms with Crippen molar-refractivity contribution in [2.24, 2.45) is 5.73 Å². The van der Waals surface area contributed by atoms with Gasteiger partial charge in [-0.05, 0) is 34.7 Å². The van der Waals surface area contributed by atoms with E-state index in [9.17, 15) is 0 Å². The Morgan fingerprint density at radius 3 is 2.75 bits per heavy atom. The SMILES string of the molecule is N[C@H](CO)c1c(Cl)cccc1I. The number of benzene rings is 1. The van der Waals surface area contributed by atoms with Crippen molar-refractivity contribution in [2.45, 2.75) is 6.04 Å². The van der Waals surface area contributed by atoms with Crippen LogP contribution in [-0.4, -0.2) is 11.7 Å². The first-order valence-corrected chi connectivity index (χ1v) is 4.93. The fourth-order valence-electron chi connectivity index (χ4n) is 0.956. The molecule has 4 heteroatoms. The van der Waals surface area contributed by atoms with Crippen molar-refractivity contribution in [3.05, 3.63) is 32.4 Å². The van der Waals surface area contributed by atoms with Gasteiger partial charge in [0.05, 0.1) is 12.6 Å². The Kier molecular flexibility index (Phi) is 3.77. The van der Waals surface area contributed by atoms with Gasteiger partial charge in [0, 0.05) is 14.2 Å². The van der Waals surface area contributed by atoms with Crippen molar-refractivity contribution < 1.29 is 5.11 Å². The lowest BCUT2D eigenvalue weighted by molar-refractivity contribution is 0.267. The minimum Gasteiger partial charge on any atom is -0.394 e. The summed E-state index contributed by atoms with van der Waals surface area (Å²) in [5, 5.41) is 9.46. The predicted octanol–water partition coefficient (Wildman–Crippen LogP) is 1.94. The molecule has 1 aromatic rings. The molecule has 1 rings (SSSR count). The standard InChI is InChI=1S/C8H9ClINO/c9-5-2-1-3-6(10)8(5)7(11)4-12/h1-3,7,12H,4,11H2/t7-/m1/s1. The zero-order valence-electron chi connectivity index (χ0n) is 6.30. The number of hydrogen-bond acceptors (Lipinski definition) is 2. The maximum Gasteiger partial charge on any atom is 0.0625 e. The van der Waals surface area contributed by atoms with E-state index in [0.717, 1.165) is 9.13 Å². The fourth-order valence-corrected chi connectivity index (χ4v) is 2.33. The monoisotopic (exact) mass is 297 g/mol. The molecular weight excluding hydrogens is 288 g/mol. The van der Waals surface area contributed by atoms with Gasteiger partial charge in [-0.15, -0.1) is 0 Å². The molecule has 0 radical (unpaired) electrons. The number of aliphatic hydroxyl groups excluding tert-OH is 1. The Labute approximate surface area is 89.9 Å². The van der Waals surface area contributed by atoms with Crippen LogP contribution in [-0.2, 0) is 0 Å². The van der Waals surface area contributed by atoms with Crippen molar-refractivity contribution >= 4 is 34.2 Å². The van der Waals surface area contributed by atoms with E-state index in [2.05, 4.69) is 22.6 Å². The Morgan fingerprint density at radius 1 is 1.58 bits per heavy atom. The van der Waals surface area contributed by atoms with E-state index in [-0.39, 0.29) is 12.6 Å². The Morgan fingerprint density at radius 2 is 2.25 bits per heavy atom. The second-order valence-electron chi connectivity index (χ2n) is 2.42. The molecule has 0 amide bonds. The molecule has 0 saturated heterocycles. The Balaban J connectivity index is 3.12. The number of hydrogen-bond donors (Lipinski definition) is 2. The summed E-state index contributed by atoms with van der Waals surface area (Å²) < 4.78 is 0.988. The molecule has 2 nitrogen and oxygen atoms in total. The lowest BCUT2D eigenvalue weighted by atomic mass is 10.1. The summed E-state index contributed by atoms with van der Waals surface area (Å²) in [6.07, 6.45) is 0. The third kappa shape index (κ3) is 2.10. The second kappa shape index (κ2) is 4.41. The van der Waals surface area contributed by atoms with Crippen molar-refractivity contribution in [3.63, 3.8) is 0 Å². The van der Waals surface area contributed by atoms with E-state index in [1.165, 1.54) is 0 Å². The third-order valence-electron chi connectivity index (χ3n) is 1.57. The highest BCUT2D eigenvalue weighted by molar-refractivity contribution is 14.1. The van der Waals surface area contributed by atoms with Gasteiger partial charge >= 0.3 is 0 Å². The highest BCUT2D eigenvalue weighted by Crippen LogP contribution is 2.26. The molecule has 0 bridgehead atoms. The van der Waals surface area contributed by atoms with Crippen LogP contribution in [0.4, 0.5) is 0 Å². The van der Waals surface area contributed by atoms with Gasteiger partial charge in [-0.2, -0.15) is 0 Å². The highest BCUT2D eigenvalue weighted by atomic mass is 127. The summed E-state index contributed by atoms with van der Waals surface area (Å²) in [7, 11) is 0. The molecule has 0 fully saturated rings. The van der Waals surface area contributed by atoms with Gasteiger partial charge in [0.25, 0.3) is 0 Å². The van der Waals surface area contributed by atoms with E-state index in [1.54, 1.807) is 6.07 Å². The molecule has 66 valence electrons. The Hall–Kier alpha value is 0.160.